The number of rotatable bonds is 4. The van der Waals surface area contributed by atoms with Crippen LogP contribution in [-0.4, -0.2) is 26.0 Å². The summed E-state index contributed by atoms with van der Waals surface area (Å²) in [6.07, 6.45) is 5.55. The number of carbonyl (C=O) groups excluding carboxylic acids is 1. The third kappa shape index (κ3) is 2.34. The van der Waals surface area contributed by atoms with Gasteiger partial charge in [-0.1, -0.05) is 11.6 Å². The molecule has 4 rings (SSSR count). The topological polar surface area (TPSA) is 101 Å². The van der Waals surface area contributed by atoms with E-state index in [2.05, 4.69) is 20.5 Å². The van der Waals surface area contributed by atoms with E-state index in [9.17, 15) is 9.18 Å². The molecular weight excluding hydrogens is 347 g/mol. The van der Waals surface area contributed by atoms with Gasteiger partial charge in [0.25, 0.3) is 0 Å². The minimum absolute atomic E-state index is 0.00576. The molecule has 0 aliphatic heterocycles. The summed E-state index contributed by atoms with van der Waals surface area (Å²) in [6.45, 7) is 0.00576. The number of hydrogen-bond acceptors (Lipinski definition) is 4. The molecule has 1 amide bonds. The molecule has 9 heteroatoms. The SMILES string of the molecule is NCc1c(F)c(Cl)c(-c2ccc3nc(NC=O)cn3c2)c2cn[nH]c12. The van der Waals surface area contributed by atoms with E-state index in [0.29, 0.717) is 45.5 Å². The van der Waals surface area contributed by atoms with Gasteiger partial charge in [0.15, 0.2) is 5.82 Å². The van der Waals surface area contributed by atoms with Crippen LogP contribution in [0.25, 0.3) is 27.7 Å². The molecule has 7 nitrogen and oxygen atoms in total. The molecule has 0 spiro atoms. The maximum Gasteiger partial charge on any atom is 0.212 e. The van der Waals surface area contributed by atoms with Crippen LogP contribution in [0.2, 0.25) is 5.02 Å². The summed E-state index contributed by atoms with van der Waals surface area (Å²) in [4.78, 5) is 14.8. The number of halogens is 2. The average molecular weight is 359 g/mol. The monoisotopic (exact) mass is 358 g/mol. The molecule has 0 bridgehead atoms. The molecule has 4 aromatic rings. The number of aromatic amines is 1. The second-order valence-corrected chi connectivity index (χ2v) is 5.79. The summed E-state index contributed by atoms with van der Waals surface area (Å²) in [6, 6.07) is 3.53. The molecule has 0 saturated carbocycles. The van der Waals surface area contributed by atoms with Crippen LogP contribution in [0.3, 0.4) is 0 Å². The molecule has 0 aliphatic carbocycles. The van der Waals surface area contributed by atoms with Gasteiger partial charge in [-0.15, -0.1) is 0 Å². The lowest BCUT2D eigenvalue weighted by Gasteiger charge is -2.11. The smallest absolute Gasteiger partial charge is 0.212 e. The molecule has 0 aliphatic rings. The third-order valence-corrected chi connectivity index (χ3v) is 4.39. The van der Waals surface area contributed by atoms with E-state index in [1.807, 2.05) is 0 Å². The van der Waals surface area contributed by atoms with Crippen molar-refractivity contribution >= 4 is 40.4 Å². The van der Waals surface area contributed by atoms with Gasteiger partial charge in [-0.2, -0.15) is 5.10 Å². The largest absolute Gasteiger partial charge is 0.326 e. The van der Waals surface area contributed by atoms with Gasteiger partial charge in [0.2, 0.25) is 6.41 Å². The van der Waals surface area contributed by atoms with Crippen LogP contribution in [0.15, 0.2) is 30.7 Å². The van der Waals surface area contributed by atoms with Gasteiger partial charge in [-0.3, -0.25) is 9.89 Å². The summed E-state index contributed by atoms with van der Waals surface area (Å²) in [5.41, 5.74) is 8.29. The summed E-state index contributed by atoms with van der Waals surface area (Å²) >= 11 is 6.30. The van der Waals surface area contributed by atoms with Crippen molar-refractivity contribution in [1.82, 2.24) is 19.6 Å². The number of anilines is 1. The minimum Gasteiger partial charge on any atom is -0.326 e. The number of nitrogens with one attached hydrogen (secondary N) is 2. The van der Waals surface area contributed by atoms with Gasteiger partial charge in [0.05, 0.1) is 22.9 Å². The predicted octanol–water partition coefficient (Wildman–Crippen LogP) is 2.70. The fourth-order valence-electron chi connectivity index (χ4n) is 2.92. The Morgan fingerprint density at radius 3 is 3.00 bits per heavy atom. The van der Waals surface area contributed by atoms with E-state index in [0.717, 1.165) is 0 Å². The van der Waals surface area contributed by atoms with Crippen LogP contribution < -0.4 is 11.1 Å². The van der Waals surface area contributed by atoms with E-state index in [4.69, 9.17) is 17.3 Å². The molecule has 0 fully saturated rings. The number of pyridine rings is 1. The standard InChI is InChI=1S/C16H12ClFN6O/c17-14-13(10-4-21-23-16(10)9(3-19)15(14)18)8-1-2-12-22-11(20-7-25)6-24(12)5-8/h1-2,4-7H,3,19H2,(H,20,25)(H,21,23). The molecule has 126 valence electrons. The number of nitrogens with zero attached hydrogens (tertiary/aromatic N) is 3. The predicted molar refractivity (Wildman–Crippen MR) is 92.8 cm³/mol. The Morgan fingerprint density at radius 1 is 1.40 bits per heavy atom. The fourth-order valence-corrected chi connectivity index (χ4v) is 3.24. The van der Waals surface area contributed by atoms with Crippen LogP contribution in [0.5, 0.6) is 0 Å². The van der Waals surface area contributed by atoms with Crippen LogP contribution in [0.4, 0.5) is 10.2 Å². The van der Waals surface area contributed by atoms with Crippen molar-refractivity contribution in [2.75, 3.05) is 5.32 Å². The molecule has 1 aromatic carbocycles. The Labute approximate surface area is 145 Å². The fraction of sp³-hybridized carbons (Fsp3) is 0.0625. The van der Waals surface area contributed by atoms with Crippen molar-refractivity contribution < 1.29 is 9.18 Å². The molecule has 0 radical (unpaired) electrons. The number of fused-ring (bicyclic) bond motifs is 2. The number of nitrogens with two attached hydrogens (primary N) is 1. The Bertz CT molecular complexity index is 1120. The summed E-state index contributed by atoms with van der Waals surface area (Å²) < 4.78 is 16.4. The normalized spacial score (nSPS) is 11.3. The Hall–Kier alpha value is -2.97. The lowest BCUT2D eigenvalue weighted by molar-refractivity contribution is -0.105. The van der Waals surface area contributed by atoms with Gasteiger partial charge in [0, 0.05) is 34.8 Å². The number of amides is 1. The van der Waals surface area contributed by atoms with E-state index in [1.54, 1.807) is 35.1 Å². The highest BCUT2D eigenvalue weighted by molar-refractivity contribution is 6.35. The van der Waals surface area contributed by atoms with E-state index < -0.39 is 5.82 Å². The van der Waals surface area contributed by atoms with Gasteiger partial charge in [-0.05, 0) is 12.1 Å². The van der Waals surface area contributed by atoms with Crippen LogP contribution in [0, 0.1) is 5.82 Å². The molecule has 0 unspecified atom stereocenters. The van der Waals surface area contributed by atoms with Crippen molar-refractivity contribution in [3.05, 3.63) is 47.1 Å². The zero-order valence-corrected chi connectivity index (χ0v) is 13.5. The van der Waals surface area contributed by atoms with Crippen LogP contribution in [0.1, 0.15) is 5.56 Å². The highest BCUT2D eigenvalue weighted by atomic mass is 35.5. The summed E-state index contributed by atoms with van der Waals surface area (Å²) in [7, 11) is 0. The Balaban J connectivity index is 1.98. The second-order valence-electron chi connectivity index (χ2n) is 5.42. The lowest BCUT2D eigenvalue weighted by atomic mass is 9.99. The van der Waals surface area contributed by atoms with Gasteiger partial charge in [0.1, 0.15) is 11.5 Å². The highest BCUT2D eigenvalue weighted by Gasteiger charge is 2.20. The van der Waals surface area contributed by atoms with Gasteiger partial charge >= 0.3 is 0 Å². The first kappa shape index (κ1) is 15.6. The van der Waals surface area contributed by atoms with Crippen molar-refractivity contribution in [2.45, 2.75) is 6.54 Å². The van der Waals surface area contributed by atoms with Crippen molar-refractivity contribution in [3.63, 3.8) is 0 Å². The Morgan fingerprint density at radius 2 is 2.24 bits per heavy atom. The summed E-state index contributed by atoms with van der Waals surface area (Å²) in [5.74, 6) is -0.152. The average Bonchev–Trinajstić information content (AvgIpc) is 3.22. The lowest BCUT2D eigenvalue weighted by Crippen LogP contribution is -2.03. The first-order chi connectivity index (χ1) is 12.1. The molecule has 25 heavy (non-hydrogen) atoms. The highest BCUT2D eigenvalue weighted by Crippen LogP contribution is 2.39. The number of imidazole rings is 1. The number of aromatic nitrogens is 4. The maximum atomic E-state index is 14.6. The maximum absolute atomic E-state index is 14.6. The van der Waals surface area contributed by atoms with E-state index in [-0.39, 0.29) is 11.6 Å². The Kier molecular flexibility index (Phi) is 3.63. The first-order valence-electron chi connectivity index (χ1n) is 7.36. The first-order valence-corrected chi connectivity index (χ1v) is 7.74. The minimum atomic E-state index is -0.565. The quantitative estimate of drug-likeness (QED) is 0.488. The van der Waals surface area contributed by atoms with Crippen molar-refractivity contribution in [1.29, 1.82) is 0 Å². The van der Waals surface area contributed by atoms with Crippen molar-refractivity contribution in [2.24, 2.45) is 5.73 Å². The van der Waals surface area contributed by atoms with E-state index in [1.165, 1.54) is 0 Å². The zero-order valence-electron chi connectivity index (χ0n) is 12.8. The molecule has 0 saturated heterocycles. The molecule has 3 aromatic heterocycles. The number of hydrogen-bond donors (Lipinski definition) is 3. The van der Waals surface area contributed by atoms with Gasteiger partial charge in [-0.25, -0.2) is 9.37 Å². The summed E-state index contributed by atoms with van der Waals surface area (Å²) in [5, 5.41) is 9.93. The van der Waals surface area contributed by atoms with E-state index >= 15 is 0 Å². The van der Waals surface area contributed by atoms with Crippen LogP contribution in [-0.2, 0) is 11.3 Å². The molecule has 3 heterocycles. The number of carbonyl (C=O) groups is 1. The number of benzene rings is 1. The zero-order chi connectivity index (χ0) is 17.6. The van der Waals surface area contributed by atoms with Crippen LogP contribution >= 0.6 is 11.6 Å². The molecular formula is C16H12ClFN6O. The third-order valence-electron chi connectivity index (χ3n) is 4.04. The van der Waals surface area contributed by atoms with Gasteiger partial charge < -0.3 is 15.5 Å². The van der Waals surface area contributed by atoms with Crippen molar-refractivity contribution in [3.8, 4) is 11.1 Å². The molecule has 4 N–H and O–H groups in total. The second kappa shape index (κ2) is 5.83. The molecule has 0 atom stereocenters. The number of H-pyrrole nitrogens is 1.